The summed E-state index contributed by atoms with van der Waals surface area (Å²) >= 11 is 0. The van der Waals surface area contributed by atoms with Gasteiger partial charge in [-0.05, 0) is 50.3 Å². The number of hydrogen-bond donors (Lipinski definition) is 2. The van der Waals surface area contributed by atoms with Gasteiger partial charge in [0.05, 0.1) is 47.3 Å². The summed E-state index contributed by atoms with van der Waals surface area (Å²) in [5, 5.41) is 2.83. The molecule has 1 aliphatic heterocycles. The van der Waals surface area contributed by atoms with E-state index in [0.29, 0.717) is 22.4 Å². The predicted molar refractivity (Wildman–Crippen MR) is 143 cm³/mol. The molecule has 2 rings (SSSR count). The van der Waals surface area contributed by atoms with Crippen LogP contribution in [-0.4, -0.2) is 80.8 Å². The Morgan fingerprint density at radius 1 is 0.756 bits per heavy atom. The summed E-state index contributed by atoms with van der Waals surface area (Å²) in [5.41, 5.74) is 1.06. The fraction of sp³-hybridized carbons (Fsp3) is 0.571. The molecule has 41 heavy (non-hydrogen) atoms. The minimum atomic E-state index is -0.846. The highest BCUT2D eigenvalue weighted by molar-refractivity contribution is 5.99. The van der Waals surface area contributed by atoms with Crippen molar-refractivity contribution in [2.24, 2.45) is 0 Å². The zero-order chi connectivity index (χ0) is 30.9. The fourth-order valence-electron chi connectivity index (χ4n) is 4.48. The van der Waals surface area contributed by atoms with E-state index in [0.717, 1.165) is 0 Å². The Morgan fingerprint density at radius 2 is 1.29 bits per heavy atom. The van der Waals surface area contributed by atoms with Crippen molar-refractivity contribution in [1.29, 1.82) is 0 Å². The van der Waals surface area contributed by atoms with Gasteiger partial charge in [-0.15, -0.1) is 0 Å². The van der Waals surface area contributed by atoms with E-state index in [1.165, 1.54) is 28.4 Å². The van der Waals surface area contributed by atoms with Gasteiger partial charge in [0.1, 0.15) is 11.3 Å². The number of ether oxygens (including phenoxy) is 5. The fourth-order valence-corrected chi connectivity index (χ4v) is 4.48. The third-order valence-corrected chi connectivity index (χ3v) is 6.43. The number of H-pyrrole nitrogens is 1. The van der Waals surface area contributed by atoms with E-state index in [2.05, 4.69) is 15.0 Å². The van der Waals surface area contributed by atoms with E-state index in [9.17, 15) is 28.8 Å². The lowest BCUT2D eigenvalue weighted by molar-refractivity contribution is -0.141. The second kappa shape index (κ2) is 14.5. The van der Waals surface area contributed by atoms with E-state index < -0.39 is 47.4 Å². The Kier molecular flexibility index (Phi) is 11.7. The van der Waals surface area contributed by atoms with Crippen LogP contribution >= 0.6 is 0 Å². The van der Waals surface area contributed by atoms with Crippen LogP contribution in [0.3, 0.4) is 0 Å². The monoisotopic (exact) mass is 578 g/mol. The Hall–Kier alpha value is -4.16. The molecular weight excluding hydrogens is 540 g/mol. The lowest BCUT2D eigenvalue weighted by Gasteiger charge is -2.19. The van der Waals surface area contributed by atoms with Gasteiger partial charge < -0.3 is 34.0 Å². The molecule has 0 bridgehead atoms. The minimum Gasteiger partial charge on any atom is -0.469 e. The minimum absolute atomic E-state index is 0.00827. The first-order chi connectivity index (χ1) is 19.2. The lowest BCUT2D eigenvalue weighted by atomic mass is 9.93. The van der Waals surface area contributed by atoms with Crippen LogP contribution in [0.1, 0.15) is 73.8 Å². The van der Waals surface area contributed by atoms with E-state index in [1.54, 1.807) is 20.8 Å². The van der Waals surface area contributed by atoms with E-state index >= 15 is 0 Å². The molecule has 2 N–H and O–H groups in total. The molecular formula is C28H38N2O11. The van der Waals surface area contributed by atoms with Gasteiger partial charge in [-0.1, -0.05) is 0 Å². The largest absolute Gasteiger partial charge is 0.469 e. The number of aromatic amines is 1. The molecule has 1 aliphatic rings. The maximum Gasteiger partial charge on any atom is 0.355 e. The van der Waals surface area contributed by atoms with Crippen LogP contribution in [0.25, 0.3) is 0 Å². The summed E-state index contributed by atoms with van der Waals surface area (Å²) in [4.78, 5) is 77.6. The standard InChI is InChI=1S/C28H38N2O11/c1-28(2,3)41-27(36)25-18(13-24(34)40-7)15(8-10-21(31)37-4)19(29-25)14-20-17(12-23(33)39-6)16(26(35)30-20)9-11-22(32)38-5/h20,29H,8-14H2,1-7H3,(H,30,35). The first kappa shape index (κ1) is 33.0. The van der Waals surface area contributed by atoms with Crippen molar-refractivity contribution >= 4 is 35.8 Å². The van der Waals surface area contributed by atoms with Crippen molar-refractivity contribution < 1.29 is 52.5 Å². The molecule has 13 nitrogen and oxygen atoms in total. The van der Waals surface area contributed by atoms with Gasteiger partial charge in [-0.2, -0.15) is 0 Å². The molecule has 0 aromatic carbocycles. The normalized spacial score (nSPS) is 14.8. The van der Waals surface area contributed by atoms with Crippen LogP contribution in [0.2, 0.25) is 0 Å². The number of methoxy groups -OCH3 is 4. The van der Waals surface area contributed by atoms with Crippen molar-refractivity contribution in [3.8, 4) is 0 Å². The smallest absolute Gasteiger partial charge is 0.355 e. The predicted octanol–water partition coefficient (Wildman–Crippen LogP) is 1.64. The number of amides is 1. The summed E-state index contributed by atoms with van der Waals surface area (Å²) in [6.45, 7) is 5.09. The maximum atomic E-state index is 13.2. The summed E-state index contributed by atoms with van der Waals surface area (Å²) in [6, 6.07) is -0.720. The van der Waals surface area contributed by atoms with Gasteiger partial charge in [-0.3, -0.25) is 24.0 Å². The second-order valence-corrected chi connectivity index (χ2v) is 10.3. The molecule has 226 valence electrons. The van der Waals surface area contributed by atoms with Crippen molar-refractivity contribution in [2.75, 3.05) is 28.4 Å². The van der Waals surface area contributed by atoms with Gasteiger partial charge >= 0.3 is 29.8 Å². The van der Waals surface area contributed by atoms with Crippen molar-refractivity contribution in [3.63, 3.8) is 0 Å². The molecule has 1 aromatic rings. The number of esters is 5. The zero-order valence-electron chi connectivity index (χ0n) is 24.5. The average molecular weight is 579 g/mol. The van der Waals surface area contributed by atoms with Gasteiger partial charge in [0.2, 0.25) is 5.91 Å². The van der Waals surface area contributed by atoms with Gasteiger partial charge in [-0.25, -0.2) is 4.79 Å². The summed E-state index contributed by atoms with van der Waals surface area (Å²) in [5.74, 6) is -3.41. The molecule has 1 unspecified atom stereocenters. The molecule has 0 radical (unpaired) electrons. The van der Waals surface area contributed by atoms with Crippen molar-refractivity contribution in [3.05, 3.63) is 33.7 Å². The highest BCUT2D eigenvalue weighted by atomic mass is 16.6. The van der Waals surface area contributed by atoms with Crippen LogP contribution < -0.4 is 5.32 Å². The van der Waals surface area contributed by atoms with Crippen LogP contribution in [0.5, 0.6) is 0 Å². The van der Waals surface area contributed by atoms with Crippen LogP contribution in [-0.2, 0) is 66.9 Å². The molecule has 0 fully saturated rings. The molecule has 2 heterocycles. The van der Waals surface area contributed by atoms with Crippen LogP contribution in [0.15, 0.2) is 11.1 Å². The third kappa shape index (κ3) is 9.19. The number of nitrogens with one attached hydrogen (secondary N) is 2. The van der Waals surface area contributed by atoms with Crippen molar-refractivity contribution in [2.45, 2.75) is 77.4 Å². The number of hydrogen-bond acceptors (Lipinski definition) is 11. The Balaban J connectivity index is 2.63. The SMILES string of the molecule is COC(=O)CCC1=C(CC(=O)OC)C(Cc2[nH]c(C(=O)OC(C)(C)C)c(CC(=O)OC)c2CCC(=O)OC)NC1=O. The van der Waals surface area contributed by atoms with Gasteiger partial charge in [0, 0.05) is 30.5 Å². The van der Waals surface area contributed by atoms with E-state index in [1.807, 2.05) is 0 Å². The first-order valence-electron chi connectivity index (χ1n) is 13.0. The molecule has 13 heteroatoms. The highest BCUT2D eigenvalue weighted by Gasteiger charge is 2.35. The maximum absolute atomic E-state index is 13.2. The molecule has 1 amide bonds. The molecule has 1 aromatic heterocycles. The molecule has 0 spiro atoms. The summed E-state index contributed by atoms with van der Waals surface area (Å²) in [7, 11) is 4.91. The Bertz CT molecular complexity index is 1220. The topological polar surface area (TPSA) is 176 Å². The van der Waals surface area contributed by atoms with E-state index in [4.69, 9.17) is 18.9 Å². The van der Waals surface area contributed by atoms with Gasteiger partial charge in [0.15, 0.2) is 0 Å². The second-order valence-electron chi connectivity index (χ2n) is 10.3. The average Bonchev–Trinajstić information content (AvgIpc) is 3.40. The van der Waals surface area contributed by atoms with Crippen molar-refractivity contribution in [1.82, 2.24) is 10.3 Å². The van der Waals surface area contributed by atoms with Crippen LogP contribution in [0.4, 0.5) is 0 Å². The van der Waals surface area contributed by atoms with Gasteiger partial charge in [0.25, 0.3) is 0 Å². The molecule has 0 saturated carbocycles. The lowest BCUT2D eigenvalue weighted by Crippen LogP contribution is -2.32. The van der Waals surface area contributed by atoms with Crippen LogP contribution in [0, 0.1) is 0 Å². The first-order valence-corrected chi connectivity index (χ1v) is 13.0. The Morgan fingerprint density at radius 3 is 1.83 bits per heavy atom. The Labute approximate surface area is 238 Å². The zero-order valence-corrected chi connectivity index (χ0v) is 24.5. The number of rotatable bonds is 13. The summed E-state index contributed by atoms with van der Waals surface area (Å²) < 4.78 is 24.7. The number of aromatic nitrogens is 1. The molecule has 0 aliphatic carbocycles. The van der Waals surface area contributed by atoms with E-state index in [-0.39, 0.29) is 56.2 Å². The third-order valence-electron chi connectivity index (χ3n) is 6.43. The molecule has 1 atom stereocenters. The highest BCUT2D eigenvalue weighted by Crippen LogP contribution is 2.31. The molecule has 0 saturated heterocycles. The quantitative estimate of drug-likeness (QED) is 0.257. The number of carbonyl (C=O) groups excluding carboxylic acids is 6. The summed E-state index contributed by atoms with van der Waals surface area (Å²) in [6.07, 6.45) is -0.442. The number of carbonyl (C=O) groups is 6.